The molecule has 124 valence electrons. The Morgan fingerprint density at radius 1 is 1.12 bits per heavy atom. The number of nitrogens with one attached hydrogen (secondary N) is 2. The Morgan fingerprint density at radius 3 is 2.62 bits per heavy atom. The van der Waals surface area contributed by atoms with Crippen molar-refractivity contribution in [1.29, 1.82) is 0 Å². The van der Waals surface area contributed by atoms with E-state index in [0.717, 1.165) is 27.7 Å². The Labute approximate surface area is 142 Å². The Balaban J connectivity index is 1.74. The van der Waals surface area contributed by atoms with Crippen LogP contribution >= 0.6 is 0 Å². The van der Waals surface area contributed by atoms with Gasteiger partial charge in [0, 0.05) is 22.8 Å². The predicted octanol–water partition coefficient (Wildman–Crippen LogP) is 3.80. The van der Waals surface area contributed by atoms with Crippen LogP contribution in [0.5, 0.6) is 0 Å². The Kier molecular flexibility index (Phi) is 4.67. The van der Waals surface area contributed by atoms with Crippen LogP contribution in [0.2, 0.25) is 0 Å². The molecule has 4 heteroatoms. The number of carbonyl (C=O) groups is 1. The Morgan fingerprint density at radius 2 is 1.83 bits per heavy atom. The van der Waals surface area contributed by atoms with Gasteiger partial charge in [0.05, 0.1) is 6.04 Å². The number of hydrogen-bond acceptors (Lipinski definition) is 2. The molecule has 0 spiro atoms. The van der Waals surface area contributed by atoms with Crippen molar-refractivity contribution in [1.82, 2.24) is 4.98 Å². The SMILES string of the molecule is CC(C)c1ccccc1NC(=O)[C@@H](N)Cc1c[nH]c2ccccc12. The van der Waals surface area contributed by atoms with Crippen LogP contribution in [0.15, 0.2) is 54.7 Å². The Bertz CT molecular complexity index is 851. The molecule has 3 rings (SSSR count). The number of aromatic amines is 1. The molecule has 0 bridgehead atoms. The van der Waals surface area contributed by atoms with E-state index in [-0.39, 0.29) is 5.91 Å². The van der Waals surface area contributed by atoms with Crippen molar-refractivity contribution in [3.05, 3.63) is 65.9 Å². The van der Waals surface area contributed by atoms with Gasteiger partial charge in [-0.2, -0.15) is 0 Å². The molecule has 1 amide bonds. The number of anilines is 1. The second kappa shape index (κ2) is 6.89. The summed E-state index contributed by atoms with van der Waals surface area (Å²) in [6, 6.07) is 15.3. The first-order valence-corrected chi connectivity index (χ1v) is 8.26. The third-order valence-electron chi connectivity index (χ3n) is 4.29. The number of benzene rings is 2. The average molecular weight is 321 g/mol. The maximum atomic E-state index is 12.5. The van der Waals surface area contributed by atoms with Gasteiger partial charge in [0.2, 0.25) is 5.91 Å². The largest absolute Gasteiger partial charge is 0.361 e. The highest BCUT2D eigenvalue weighted by Crippen LogP contribution is 2.24. The smallest absolute Gasteiger partial charge is 0.241 e. The van der Waals surface area contributed by atoms with Gasteiger partial charge in [-0.1, -0.05) is 50.2 Å². The molecular formula is C20H23N3O. The minimum atomic E-state index is -0.593. The summed E-state index contributed by atoms with van der Waals surface area (Å²) in [5.74, 6) is 0.180. The summed E-state index contributed by atoms with van der Waals surface area (Å²) in [6.07, 6.45) is 2.43. The molecule has 0 aliphatic rings. The molecule has 1 atom stereocenters. The van der Waals surface area contributed by atoms with Crippen LogP contribution < -0.4 is 11.1 Å². The van der Waals surface area contributed by atoms with E-state index in [0.29, 0.717) is 12.3 Å². The van der Waals surface area contributed by atoms with Gasteiger partial charge in [-0.3, -0.25) is 4.79 Å². The zero-order chi connectivity index (χ0) is 17.1. The maximum Gasteiger partial charge on any atom is 0.241 e. The highest BCUT2D eigenvalue weighted by molar-refractivity contribution is 5.96. The molecule has 0 unspecified atom stereocenters. The number of hydrogen-bond donors (Lipinski definition) is 3. The summed E-state index contributed by atoms with van der Waals surface area (Å²) >= 11 is 0. The molecule has 0 radical (unpaired) electrons. The number of aromatic nitrogens is 1. The fraction of sp³-hybridized carbons (Fsp3) is 0.250. The summed E-state index contributed by atoms with van der Waals surface area (Å²) in [4.78, 5) is 15.7. The van der Waals surface area contributed by atoms with E-state index in [1.165, 1.54) is 0 Å². The molecule has 2 aromatic carbocycles. The van der Waals surface area contributed by atoms with Crippen LogP contribution in [0.3, 0.4) is 0 Å². The number of nitrogens with two attached hydrogens (primary N) is 1. The first kappa shape index (κ1) is 16.3. The van der Waals surface area contributed by atoms with Gasteiger partial charge in [0.25, 0.3) is 0 Å². The van der Waals surface area contributed by atoms with E-state index in [2.05, 4.69) is 24.1 Å². The van der Waals surface area contributed by atoms with E-state index < -0.39 is 6.04 Å². The first-order valence-electron chi connectivity index (χ1n) is 8.26. The number of H-pyrrole nitrogens is 1. The van der Waals surface area contributed by atoms with Gasteiger partial charge in [-0.15, -0.1) is 0 Å². The highest BCUT2D eigenvalue weighted by atomic mass is 16.2. The highest BCUT2D eigenvalue weighted by Gasteiger charge is 2.18. The molecule has 24 heavy (non-hydrogen) atoms. The van der Waals surface area contributed by atoms with E-state index in [4.69, 9.17) is 5.73 Å². The fourth-order valence-electron chi connectivity index (χ4n) is 2.97. The molecule has 3 aromatic rings. The second-order valence-corrected chi connectivity index (χ2v) is 6.40. The molecule has 1 heterocycles. The van der Waals surface area contributed by atoms with E-state index >= 15 is 0 Å². The lowest BCUT2D eigenvalue weighted by Gasteiger charge is -2.16. The van der Waals surface area contributed by atoms with Crippen LogP contribution in [0.25, 0.3) is 10.9 Å². The average Bonchev–Trinajstić information content (AvgIpc) is 2.98. The fourth-order valence-corrected chi connectivity index (χ4v) is 2.97. The minimum Gasteiger partial charge on any atom is -0.361 e. The quantitative estimate of drug-likeness (QED) is 0.669. The van der Waals surface area contributed by atoms with Gasteiger partial charge in [-0.05, 0) is 35.6 Å². The number of amides is 1. The van der Waals surface area contributed by atoms with Crippen molar-refractivity contribution < 1.29 is 4.79 Å². The molecule has 0 aliphatic heterocycles. The second-order valence-electron chi connectivity index (χ2n) is 6.40. The number of fused-ring (bicyclic) bond motifs is 1. The van der Waals surface area contributed by atoms with Crippen molar-refractivity contribution in [2.75, 3.05) is 5.32 Å². The number of carbonyl (C=O) groups excluding carboxylic acids is 1. The van der Waals surface area contributed by atoms with Crippen LogP contribution in [0, 0.1) is 0 Å². The summed E-state index contributed by atoms with van der Waals surface area (Å²) < 4.78 is 0. The molecule has 0 saturated carbocycles. The van der Waals surface area contributed by atoms with E-state index in [1.54, 1.807) is 0 Å². The normalized spacial score (nSPS) is 12.5. The zero-order valence-electron chi connectivity index (χ0n) is 14.0. The maximum absolute atomic E-state index is 12.5. The lowest BCUT2D eigenvalue weighted by Crippen LogP contribution is -2.37. The van der Waals surface area contributed by atoms with Gasteiger partial charge >= 0.3 is 0 Å². The number of para-hydroxylation sites is 2. The standard InChI is InChI=1S/C20H23N3O/c1-13(2)15-7-3-6-10-19(15)23-20(24)17(21)11-14-12-22-18-9-5-4-8-16(14)18/h3-10,12-13,17,22H,11,21H2,1-2H3,(H,23,24)/t17-/m0/s1. The van der Waals surface area contributed by atoms with Gasteiger partial charge in [-0.25, -0.2) is 0 Å². The van der Waals surface area contributed by atoms with Gasteiger partial charge in [0.1, 0.15) is 0 Å². The van der Waals surface area contributed by atoms with Crippen molar-refractivity contribution in [3.8, 4) is 0 Å². The van der Waals surface area contributed by atoms with Crippen LogP contribution in [-0.4, -0.2) is 16.9 Å². The van der Waals surface area contributed by atoms with E-state index in [9.17, 15) is 4.79 Å². The zero-order valence-corrected chi connectivity index (χ0v) is 14.0. The predicted molar refractivity (Wildman–Crippen MR) is 99.1 cm³/mol. The summed E-state index contributed by atoms with van der Waals surface area (Å²) in [5, 5.41) is 4.09. The van der Waals surface area contributed by atoms with Gasteiger partial charge in [0.15, 0.2) is 0 Å². The first-order chi connectivity index (χ1) is 11.6. The van der Waals surface area contributed by atoms with Crippen molar-refractivity contribution in [3.63, 3.8) is 0 Å². The monoisotopic (exact) mass is 321 g/mol. The van der Waals surface area contributed by atoms with Crippen LogP contribution in [-0.2, 0) is 11.2 Å². The van der Waals surface area contributed by atoms with Crippen LogP contribution in [0.1, 0.15) is 30.9 Å². The lowest BCUT2D eigenvalue weighted by atomic mass is 10.0. The van der Waals surface area contributed by atoms with Gasteiger partial charge < -0.3 is 16.0 Å². The lowest BCUT2D eigenvalue weighted by molar-refractivity contribution is -0.117. The minimum absolute atomic E-state index is 0.159. The molecule has 4 nitrogen and oxygen atoms in total. The molecule has 0 fully saturated rings. The Hall–Kier alpha value is -2.59. The summed E-state index contributed by atoms with van der Waals surface area (Å²) in [6.45, 7) is 4.22. The van der Waals surface area contributed by atoms with Crippen LogP contribution in [0.4, 0.5) is 5.69 Å². The molecule has 0 aliphatic carbocycles. The third kappa shape index (κ3) is 3.34. The topological polar surface area (TPSA) is 70.9 Å². The molecule has 1 aromatic heterocycles. The van der Waals surface area contributed by atoms with E-state index in [1.807, 2.05) is 54.7 Å². The summed E-state index contributed by atoms with van der Waals surface area (Å²) in [7, 11) is 0. The van der Waals surface area contributed by atoms with Crippen molar-refractivity contribution in [2.45, 2.75) is 32.2 Å². The summed E-state index contributed by atoms with van der Waals surface area (Å²) in [5.41, 5.74) is 10.2. The molecule has 4 N–H and O–H groups in total. The number of rotatable bonds is 5. The van der Waals surface area contributed by atoms with Crippen molar-refractivity contribution >= 4 is 22.5 Å². The molecular weight excluding hydrogens is 298 g/mol. The molecule has 0 saturated heterocycles. The third-order valence-corrected chi connectivity index (χ3v) is 4.29. The van der Waals surface area contributed by atoms with Crippen molar-refractivity contribution in [2.24, 2.45) is 5.73 Å².